The molecule has 1 amide bonds. The number of piperidine rings is 1. The highest BCUT2D eigenvalue weighted by molar-refractivity contribution is 6.31. The summed E-state index contributed by atoms with van der Waals surface area (Å²) in [5, 5.41) is 13.1. The molecule has 2 aliphatic heterocycles. The molecule has 36 heavy (non-hydrogen) atoms. The normalized spacial score (nSPS) is 25.9. The summed E-state index contributed by atoms with van der Waals surface area (Å²) in [6.45, 7) is 5.44. The molecule has 2 heterocycles. The quantitative estimate of drug-likeness (QED) is 0.451. The van der Waals surface area contributed by atoms with Crippen molar-refractivity contribution >= 4 is 23.5 Å². The van der Waals surface area contributed by atoms with Crippen molar-refractivity contribution in [3.8, 4) is 0 Å². The summed E-state index contributed by atoms with van der Waals surface area (Å²) < 4.78 is 27.2. The van der Waals surface area contributed by atoms with Crippen LogP contribution in [0, 0.1) is 11.3 Å². The Bertz CT molecular complexity index is 996. The van der Waals surface area contributed by atoms with E-state index in [4.69, 9.17) is 11.6 Å². The molecule has 0 saturated carbocycles. The maximum Gasteiger partial charge on any atom is 0.304 e. The summed E-state index contributed by atoms with van der Waals surface area (Å²) >= 11 is 6.26. The van der Waals surface area contributed by atoms with Crippen LogP contribution < -0.4 is 5.32 Å². The van der Waals surface area contributed by atoms with Gasteiger partial charge in [-0.25, -0.2) is 8.78 Å². The molecule has 4 rings (SSSR count). The zero-order valence-electron chi connectivity index (χ0n) is 20.8. The van der Waals surface area contributed by atoms with E-state index in [0.29, 0.717) is 12.1 Å². The van der Waals surface area contributed by atoms with Gasteiger partial charge in [-0.05, 0) is 49.7 Å². The minimum Gasteiger partial charge on any atom is -0.481 e. The molecule has 1 aromatic carbocycles. The predicted octanol–water partition coefficient (Wildman–Crippen LogP) is 4.88. The molecule has 1 aromatic rings. The highest BCUT2D eigenvalue weighted by Gasteiger charge is 2.51. The lowest BCUT2D eigenvalue weighted by atomic mass is 9.75. The number of hydrogen-bond donors (Lipinski definition) is 2. The molecule has 198 valence electrons. The van der Waals surface area contributed by atoms with Gasteiger partial charge in [-0.2, -0.15) is 0 Å². The Kier molecular flexibility index (Phi) is 8.68. The van der Waals surface area contributed by atoms with Crippen LogP contribution in [-0.2, 0) is 16.1 Å². The number of nitrogens with zero attached hydrogens (tertiary/aromatic N) is 2. The van der Waals surface area contributed by atoms with E-state index in [0.717, 1.165) is 32.5 Å². The van der Waals surface area contributed by atoms with Crippen molar-refractivity contribution < 1.29 is 23.5 Å². The van der Waals surface area contributed by atoms with Crippen LogP contribution in [0.25, 0.3) is 0 Å². The summed E-state index contributed by atoms with van der Waals surface area (Å²) in [5.74, 6) is -1.53. The third kappa shape index (κ3) is 6.09. The summed E-state index contributed by atoms with van der Waals surface area (Å²) in [5.41, 5.74) is 0.587. The van der Waals surface area contributed by atoms with E-state index in [2.05, 4.69) is 16.3 Å². The van der Waals surface area contributed by atoms with Gasteiger partial charge in [0.15, 0.2) is 0 Å². The first-order valence-corrected chi connectivity index (χ1v) is 13.3. The summed E-state index contributed by atoms with van der Waals surface area (Å²) in [4.78, 5) is 29.8. The van der Waals surface area contributed by atoms with Crippen LogP contribution in [-0.4, -0.2) is 65.5 Å². The summed E-state index contributed by atoms with van der Waals surface area (Å²) in [7, 11) is 0. The zero-order valence-corrected chi connectivity index (χ0v) is 21.6. The van der Waals surface area contributed by atoms with E-state index in [-0.39, 0.29) is 48.0 Å². The van der Waals surface area contributed by atoms with E-state index in [1.165, 1.54) is 37.0 Å². The molecular weight excluding hydrogens is 488 g/mol. The van der Waals surface area contributed by atoms with Crippen LogP contribution in [0.4, 0.5) is 8.78 Å². The Morgan fingerprint density at radius 2 is 1.97 bits per heavy atom. The first-order chi connectivity index (χ1) is 17.2. The third-order valence-corrected chi connectivity index (χ3v) is 8.51. The first-order valence-electron chi connectivity index (χ1n) is 12.9. The number of carboxylic acid groups (broad SMARTS) is 1. The standard InChI is InChI=1S/C27H36ClF2N3O3/c1-18-14-33(16-22-21(25(29)30)7-4-8-23(22)28)17-27(18,13-24(34)35)26(36)31-20-9-11-32(12-10-20)15-19-5-2-3-6-19/h4-5,7-8,18,20,25H,2-3,6,9-17H2,1H3,(H,31,36)(H,34,35)/t18-,27+/m1/s1. The predicted molar refractivity (Wildman–Crippen MR) is 135 cm³/mol. The molecule has 0 radical (unpaired) electrons. The first kappa shape index (κ1) is 27.0. The van der Waals surface area contributed by atoms with E-state index in [1.54, 1.807) is 6.07 Å². The topological polar surface area (TPSA) is 72.9 Å². The smallest absolute Gasteiger partial charge is 0.304 e. The fourth-order valence-corrected chi connectivity index (χ4v) is 6.32. The molecule has 0 spiro atoms. The molecule has 9 heteroatoms. The van der Waals surface area contributed by atoms with Crippen molar-refractivity contribution in [3.63, 3.8) is 0 Å². The van der Waals surface area contributed by atoms with Crippen LogP contribution in [0.2, 0.25) is 5.02 Å². The Labute approximate surface area is 216 Å². The lowest BCUT2D eigenvalue weighted by molar-refractivity contribution is -0.147. The van der Waals surface area contributed by atoms with E-state index >= 15 is 0 Å². The highest BCUT2D eigenvalue weighted by atomic mass is 35.5. The van der Waals surface area contributed by atoms with Gasteiger partial charge >= 0.3 is 5.97 Å². The van der Waals surface area contributed by atoms with E-state index in [9.17, 15) is 23.5 Å². The number of nitrogens with one attached hydrogen (secondary N) is 1. The average Bonchev–Trinajstić information content (AvgIpc) is 3.44. The minimum absolute atomic E-state index is 0.00670. The zero-order chi connectivity index (χ0) is 25.9. The number of carbonyl (C=O) groups excluding carboxylic acids is 1. The molecule has 2 N–H and O–H groups in total. The minimum atomic E-state index is -2.67. The SMILES string of the molecule is C[C@@H]1CN(Cc2c(Cl)cccc2C(F)F)C[C@]1(CC(=O)O)C(=O)NC1CCN(CC2=CCCC2)CC1. The van der Waals surface area contributed by atoms with Crippen molar-refractivity contribution in [1.82, 2.24) is 15.1 Å². The fourth-order valence-electron chi connectivity index (χ4n) is 6.08. The Morgan fingerprint density at radius 1 is 1.22 bits per heavy atom. The van der Waals surface area contributed by atoms with Gasteiger partial charge in [0.05, 0.1) is 11.8 Å². The lowest BCUT2D eigenvalue weighted by Gasteiger charge is -2.36. The number of benzene rings is 1. The number of carbonyl (C=O) groups is 2. The van der Waals surface area contributed by atoms with Crippen molar-refractivity contribution in [1.29, 1.82) is 0 Å². The molecule has 2 fully saturated rings. The Morgan fingerprint density at radius 3 is 2.61 bits per heavy atom. The second-order valence-corrected chi connectivity index (χ2v) is 11.1. The molecular formula is C27H36ClF2N3O3. The van der Waals surface area contributed by atoms with Crippen molar-refractivity contribution in [3.05, 3.63) is 46.0 Å². The van der Waals surface area contributed by atoms with Gasteiger partial charge in [-0.1, -0.05) is 42.3 Å². The van der Waals surface area contributed by atoms with Crippen molar-refractivity contribution in [2.75, 3.05) is 32.7 Å². The highest BCUT2D eigenvalue weighted by Crippen LogP contribution is 2.41. The van der Waals surface area contributed by atoms with Gasteiger partial charge in [0.2, 0.25) is 5.91 Å². The summed E-state index contributed by atoms with van der Waals surface area (Å²) in [6.07, 6.45) is 4.62. The van der Waals surface area contributed by atoms with Gasteiger partial charge in [-0.3, -0.25) is 19.4 Å². The summed E-state index contributed by atoms with van der Waals surface area (Å²) in [6, 6.07) is 4.44. The number of likely N-dealkylation sites (tertiary alicyclic amines) is 2. The Balaban J connectivity index is 1.42. The van der Waals surface area contributed by atoms with E-state index in [1.807, 2.05) is 11.8 Å². The number of amides is 1. The molecule has 6 nitrogen and oxygen atoms in total. The number of halogens is 3. The van der Waals surface area contributed by atoms with Crippen LogP contribution >= 0.6 is 11.6 Å². The van der Waals surface area contributed by atoms with Crippen molar-refractivity contribution in [2.45, 2.75) is 64.5 Å². The van der Waals surface area contributed by atoms with E-state index < -0.39 is 17.8 Å². The van der Waals surface area contributed by atoms with Crippen LogP contribution in [0.15, 0.2) is 29.8 Å². The lowest BCUT2D eigenvalue weighted by Crippen LogP contribution is -2.53. The molecule has 0 bridgehead atoms. The number of alkyl halides is 2. The largest absolute Gasteiger partial charge is 0.481 e. The van der Waals surface area contributed by atoms with Gasteiger partial charge in [0, 0.05) is 55.9 Å². The second-order valence-electron chi connectivity index (χ2n) is 10.7. The molecule has 2 saturated heterocycles. The fraction of sp³-hybridized carbons (Fsp3) is 0.630. The van der Waals surface area contributed by atoms with Crippen LogP contribution in [0.5, 0.6) is 0 Å². The average molecular weight is 524 g/mol. The van der Waals surface area contributed by atoms with Gasteiger partial charge in [0.25, 0.3) is 6.43 Å². The number of hydrogen-bond acceptors (Lipinski definition) is 4. The third-order valence-electron chi connectivity index (χ3n) is 8.16. The number of rotatable bonds is 9. The van der Waals surface area contributed by atoms with Gasteiger partial charge in [0.1, 0.15) is 0 Å². The monoisotopic (exact) mass is 523 g/mol. The van der Waals surface area contributed by atoms with Gasteiger partial charge in [-0.15, -0.1) is 0 Å². The molecule has 0 aromatic heterocycles. The number of carboxylic acids is 1. The molecule has 2 atom stereocenters. The van der Waals surface area contributed by atoms with Crippen LogP contribution in [0.1, 0.15) is 63.0 Å². The van der Waals surface area contributed by atoms with Gasteiger partial charge < -0.3 is 10.4 Å². The van der Waals surface area contributed by atoms with Crippen LogP contribution in [0.3, 0.4) is 0 Å². The Hall–Kier alpha value is -2.03. The van der Waals surface area contributed by atoms with Crippen molar-refractivity contribution in [2.24, 2.45) is 11.3 Å². The molecule has 1 aliphatic carbocycles. The number of aliphatic carboxylic acids is 1. The number of allylic oxidation sites excluding steroid dienone is 1. The molecule has 3 aliphatic rings. The maximum absolute atomic E-state index is 13.6. The molecule has 0 unspecified atom stereocenters. The maximum atomic E-state index is 13.6. The second kappa shape index (κ2) is 11.6.